The smallest absolute Gasteiger partial charge is 0.435 e. The summed E-state index contributed by atoms with van der Waals surface area (Å²) in [5.74, 6) is -1.18. The summed E-state index contributed by atoms with van der Waals surface area (Å²) in [6, 6.07) is 1.89. The number of fused-ring (bicyclic) bond motifs is 1. The molecule has 0 saturated carbocycles. The maximum absolute atomic E-state index is 12.8. The molecule has 0 aliphatic heterocycles. The number of alkyl halides is 3. The summed E-state index contributed by atoms with van der Waals surface area (Å²) in [6.45, 7) is 3.15. The fourth-order valence-corrected chi connectivity index (χ4v) is 4.10. The van der Waals surface area contributed by atoms with Crippen molar-refractivity contribution in [3.05, 3.63) is 49.6 Å². The maximum Gasteiger partial charge on any atom is 0.435 e. The van der Waals surface area contributed by atoms with Gasteiger partial charge in [-0.2, -0.15) is 18.3 Å². The topological polar surface area (TPSA) is 78.5 Å². The SMILES string of the molecule is COC(=O)C(C)c1c(C)sc2nc(Cn3nc(C(F)(F)F)cc3Cl)cc(=O)n12. The van der Waals surface area contributed by atoms with Gasteiger partial charge in [-0.1, -0.05) is 11.6 Å². The molecule has 0 radical (unpaired) electrons. The Morgan fingerprint density at radius 2 is 2.07 bits per heavy atom. The van der Waals surface area contributed by atoms with Crippen molar-refractivity contribution in [2.24, 2.45) is 0 Å². The fraction of sp³-hybridized carbons (Fsp3) is 0.375. The molecule has 28 heavy (non-hydrogen) atoms. The number of rotatable bonds is 4. The number of esters is 1. The average Bonchev–Trinajstić information content (AvgIpc) is 3.13. The Bertz CT molecular complexity index is 1120. The Balaban J connectivity index is 2.03. The van der Waals surface area contributed by atoms with Crippen molar-refractivity contribution in [2.75, 3.05) is 7.11 Å². The Morgan fingerprint density at radius 3 is 2.64 bits per heavy atom. The van der Waals surface area contributed by atoms with Crippen molar-refractivity contribution < 1.29 is 22.7 Å². The first-order chi connectivity index (χ1) is 13.0. The number of aromatic nitrogens is 4. The Hall–Kier alpha value is -2.40. The van der Waals surface area contributed by atoms with Gasteiger partial charge in [0.1, 0.15) is 5.15 Å². The van der Waals surface area contributed by atoms with Gasteiger partial charge in [0.15, 0.2) is 10.7 Å². The van der Waals surface area contributed by atoms with Gasteiger partial charge in [-0.25, -0.2) is 9.67 Å². The van der Waals surface area contributed by atoms with E-state index < -0.39 is 29.3 Å². The van der Waals surface area contributed by atoms with Crippen LogP contribution in [-0.2, 0) is 22.3 Å². The second-order valence-electron chi connectivity index (χ2n) is 6.00. The highest BCUT2D eigenvalue weighted by Crippen LogP contribution is 2.30. The standard InChI is InChI=1S/C16H14ClF3N4O3S/c1-7(14(26)27-3)13-8(2)28-15-21-9(4-12(25)24(13)15)6-23-11(17)5-10(22-23)16(18,19)20/h4-5,7H,6H2,1-3H3. The van der Waals surface area contributed by atoms with Gasteiger partial charge in [0.25, 0.3) is 5.56 Å². The molecule has 0 aliphatic carbocycles. The lowest BCUT2D eigenvalue weighted by Crippen LogP contribution is -2.22. The van der Waals surface area contributed by atoms with Crippen LogP contribution in [-0.4, -0.2) is 32.2 Å². The van der Waals surface area contributed by atoms with Gasteiger partial charge in [-0.05, 0) is 13.8 Å². The van der Waals surface area contributed by atoms with Gasteiger partial charge < -0.3 is 4.74 Å². The Labute approximate surface area is 165 Å². The lowest BCUT2D eigenvalue weighted by atomic mass is 10.1. The quantitative estimate of drug-likeness (QED) is 0.589. The summed E-state index contributed by atoms with van der Waals surface area (Å²) in [5.41, 5.74) is -0.930. The van der Waals surface area contributed by atoms with Gasteiger partial charge in [0.2, 0.25) is 0 Å². The lowest BCUT2D eigenvalue weighted by Gasteiger charge is -2.10. The van der Waals surface area contributed by atoms with Crippen LogP contribution in [0.4, 0.5) is 13.2 Å². The van der Waals surface area contributed by atoms with E-state index in [1.807, 2.05) is 0 Å². The molecule has 7 nitrogen and oxygen atoms in total. The summed E-state index contributed by atoms with van der Waals surface area (Å²) in [7, 11) is 1.25. The first-order valence-corrected chi connectivity index (χ1v) is 9.12. The Kier molecular flexibility index (Phi) is 5.24. The minimum atomic E-state index is -4.63. The van der Waals surface area contributed by atoms with Gasteiger partial charge >= 0.3 is 12.1 Å². The summed E-state index contributed by atoms with van der Waals surface area (Å²) < 4.78 is 45.3. The second-order valence-corrected chi connectivity index (χ2v) is 7.57. The number of aryl methyl sites for hydroxylation is 1. The van der Waals surface area contributed by atoms with E-state index in [1.54, 1.807) is 13.8 Å². The largest absolute Gasteiger partial charge is 0.469 e. The predicted molar refractivity (Wildman–Crippen MR) is 95.8 cm³/mol. The van der Waals surface area contributed by atoms with E-state index in [1.165, 1.54) is 28.9 Å². The van der Waals surface area contributed by atoms with Crippen molar-refractivity contribution in [1.29, 1.82) is 0 Å². The molecule has 3 aromatic rings. The second kappa shape index (κ2) is 7.21. The molecule has 3 rings (SSSR count). The number of carbonyl (C=O) groups is 1. The number of carbonyl (C=O) groups excluding carboxylic acids is 1. The van der Waals surface area contributed by atoms with E-state index in [0.717, 1.165) is 4.68 Å². The van der Waals surface area contributed by atoms with Gasteiger partial charge in [-0.3, -0.25) is 14.0 Å². The molecule has 0 amide bonds. The number of methoxy groups -OCH3 is 1. The highest BCUT2D eigenvalue weighted by atomic mass is 35.5. The van der Waals surface area contributed by atoms with Crippen LogP contribution in [0.25, 0.3) is 4.96 Å². The number of halogens is 4. The third-order valence-corrected chi connectivity index (χ3v) is 5.36. The molecule has 0 saturated heterocycles. The van der Waals surface area contributed by atoms with E-state index in [0.29, 0.717) is 21.6 Å². The molecule has 0 aromatic carbocycles. The maximum atomic E-state index is 12.8. The molecule has 3 heterocycles. The molecule has 150 valence electrons. The number of nitrogens with zero attached hydrogens (tertiary/aromatic N) is 4. The normalized spacial score (nSPS) is 13.1. The molecular weight excluding hydrogens is 421 g/mol. The van der Waals surface area contributed by atoms with Crippen LogP contribution < -0.4 is 5.56 Å². The first-order valence-electron chi connectivity index (χ1n) is 7.93. The molecule has 0 N–H and O–H groups in total. The van der Waals surface area contributed by atoms with Crippen molar-refractivity contribution in [3.63, 3.8) is 0 Å². The van der Waals surface area contributed by atoms with E-state index >= 15 is 0 Å². The molecular formula is C16H14ClF3N4O3S. The zero-order chi connectivity index (χ0) is 20.8. The summed E-state index contributed by atoms with van der Waals surface area (Å²) in [6.07, 6.45) is -4.63. The van der Waals surface area contributed by atoms with Crippen LogP contribution >= 0.6 is 22.9 Å². The third kappa shape index (κ3) is 3.63. The van der Waals surface area contributed by atoms with Crippen molar-refractivity contribution in [3.8, 4) is 0 Å². The van der Waals surface area contributed by atoms with Crippen molar-refractivity contribution in [1.82, 2.24) is 19.2 Å². The zero-order valence-electron chi connectivity index (χ0n) is 14.9. The summed E-state index contributed by atoms with van der Waals surface area (Å²) in [5, 5.41) is 3.20. The minimum absolute atomic E-state index is 0.197. The molecule has 0 bridgehead atoms. The molecule has 12 heteroatoms. The number of thiazole rings is 1. The molecule has 1 atom stereocenters. The highest BCUT2D eigenvalue weighted by Gasteiger charge is 2.34. The van der Waals surface area contributed by atoms with E-state index in [2.05, 4.69) is 10.1 Å². The summed E-state index contributed by atoms with van der Waals surface area (Å²) in [4.78, 5) is 29.8. The van der Waals surface area contributed by atoms with Gasteiger partial charge in [0.05, 0.1) is 31.0 Å². The molecule has 0 spiro atoms. The molecule has 0 aliphatic rings. The van der Waals surface area contributed by atoms with E-state index in [9.17, 15) is 22.8 Å². The summed E-state index contributed by atoms with van der Waals surface area (Å²) >= 11 is 7.01. The molecule has 3 aromatic heterocycles. The van der Waals surface area contributed by atoms with Crippen LogP contribution in [0.3, 0.4) is 0 Å². The Morgan fingerprint density at radius 1 is 1.39 bits per heavy atom. The first kappa shape index (κ1) is 20.3. The van der Waals surface area contributed by atoms with Crippen LogP contribution in [0, 0.1) is 6.92 Å². The van der Waals surface area contributed by atoms with Crippen molar-refractivity contribution >= 4 is 33.9 Å². The van der Waals surface area contributed by atoms with Gasteiger partial charge in [-0.15, -0.1) is 11.3 Å². The average molecular weight is 435 g/mol. The minimum Gasteiger partial charge on any atom is -0.469 e. The number of ether oxygens (including phenoxy) is 1. The lowest BCUT2D eigenvalue weighted by molar-refractivity contribution is -0.142. The van der Waals surface area contributed by atoms with Crippen LogP contribution in [0.2, 0.25) is 5.15 Å². The van der Waals surface area contributed by atoms with Crippen molar-refractivity contribution in [2.45, 2.75) is 32.5 Å². The molecule has 0 fully saturated rings. The van der Waals surface area contributed by atoms with Crippen LogP contribution in [0.15, 0.2) is 16.9 Å². The monoisotopic (exact) mass is 434 g/mol. The van der Waals surface area contributed by atoms with Gasteiger partial charge in [0, 0.05) is 17.0 Å². The van der Waals surface area contributed by atoms with E-state index in [4.69, 9.17) is 16.3 Å². The third-order valence-electron chi connectivity index (χ3n) is 4.08. The zero-order valence-corrected chi connectivity index (χ0v) is 16.4. The highest BCUT2D eigenvalue weighted by molar-refractivity contribution is 7.17. The number of hydrogen-bond donors (Lipinski definition) is 0. The number of hydrogen-bond acceptors (Lipinski definition) is 6. The molecule has 1 unspecified atom stereocenters. The van der Waals surface area contributed by atoms with Crippen LogP contribution in [0.5, 0.6) is 0 Å². The fourth-order valence-electron chi connectivity index (χ4n) is 2.81. The van der Waals surface area contributed by atoms with Crippen LogP contribution in [0.1, 0.15) is 34.8 Å². The van der Waals surface area contributed by atoms with E-state index in [-0.39, 0.29) is 17.4 Å². The predicted octanol–water partition coefficient (Wildman–Crippen LogP) is 3.26.